The summed E-state index contributed by atoms with van der Waals surface area (Å²) in [7, 11) is 0. The predicted molar refractivity (Wildman–Crippen MR) is 32.8 cm³/mol. The van der Waals surface area contributed by atoms with Crippen molar-refractivity contribution < 1.29 is 47.4 Å². The summed E-state index contributed by atoms with van der Waals surface area (Å²) in [5, 5.41) is -2.03. The van der Waals surface area contributed by atoms with E-state index in [9.17, 15) is 13.2 Å². The Morgan fingerprint density at radius 1 is 1.45 bits per heavy atom. The maximum atomic E-state index is 13.0. The molecule has 0 saturated carbocycles. The fourth-order valence-corrected chi connectivity index (χ4v) is 1.34. The van der Waals surface area contributed by atoms with Crippen molar-refractivity contribution in [2.45, 2.75) is 17.8 Å². The Kier molecular flexibility index (Phi) is 5.33. The van der Waals surface area contributed by atoms with Crippen LogP contribution in [0, 0.1) is 0 Å². The number of halogens is 1. The normalized spacial score (nSPS) is 25.3. The molecule has 3 nitrogen and oxygen atoms in total. The van der Waals surface area contributed by atoms with Crippen LogP contribution in [0.5, 0.6) is 0 Å². The summed E-state index contributed by atoms with van der Waals surface area (Å²) < 4.78 is 38.3. The monoisotopic (exact) mass is 190 g/mol. The first kappa shape index (κ1) is 12.0. The number of hydrogen-bond donors (Lipinski definition) is 0. The van der Waals surface area contributed by atoms with Crippen molar-refractivity contribution in [2.24, 2.45) is 0 Å². The van der Waals surface area contributed by atoms with E-state index in [1.807, 2.05) is 0 Å². The molecule has 1 atom stereocenters. The fraction of sp³-hybridized carbons (Fsp3) is 1.00. The summed E-state index contributed by atoms with van der Waals surface area (Å²) in [4.78, 5) is 0. The third-order valence-electron chi connectivity index (χ3n) is 1.54. The second kappa shape index (κ2) is 4.89. The molecule has 11 heavy (non-hydrogen) atoms. The van der Waals surface area contributed by atoms with Crippen molar-refractivity contribution >= 4 is 11.1 Å². The van der Waals surface area contributed by atoms with E-state index >= 15 is 0 Å². The van der Waals surface area contributed by atoms with E-state index in [-0.39, 0.29) is 55.6 Å². The molecule has 1 aliphatic heterocycles. The minimum absolute atomic E-state index is 0. The first-order valence-electron chi connectivity index (χ1n) is 3.01. The van der Waals surface area contributed by atoms with Gasteiger partial charge >= 0.3 is 29.6 Å². The van der Waals surface area contributed by atoms with Crippen molar-refractivity contribution in [2.75, 3.05) is 13.2 Å². The van der Waals surface area contributed by atoms with Crippen LogP contribution >= 0.6 is 0 Å². The molecule has 0 radical (unpaired) electrons. The van der Waals surface area contributed by atoms with Gasteiger partial charge in [0, 0.05) is 12.8 Å². The molecule has 0 N–H and O–H groups in total. The van der Waals surface area contributed by atoms with Crippen LogP contribution in [0.15, 0.2) is 0 Å². The topological polar surface area (TPSA) is 49.4 Å². The molecule has 1 aliphatic rings. The maximum absolute atomic E-state index is 13.0. The van der Waals surface area contributed by atoms with Crippen molar-refractivity contribution in [3.05, 3.63) is 0 Å². The SMILES string of the molecule is O=S([O-])C1(F)CCOCC1.[Na+]. The molecule has 1 saturated heterocycles. The molecule has 1 heterocycles. The fourth-order valence-electron chi connectivity index (χ4n) is 0.843. The Morgan fingerprint density at radius 3 is 2.18 bits per heavy atom. The zero-order valence-electron chi connectivity index (χ0n) is 6.34. The van der Waals surface area contributed by atoms with Crippen LogP contribution in [0.1, 0.15) is 12.8 Å². The van der Waals surface area contributed by atoms with Crippen LogP contribution in [-0.2, 0) is 15.8 Å². The van der Waals surface area contributed by atoms with Crippen molar-refractivity contribution in [1.29, 1.82) is 0 Å². The molecule has 0 aromatic rings. The Bertz CT molecular complexity index is 149. The molecule has 0 aliphatic carbocycles. The van der Waals surface area contributed by atoms with Crippen LogP contribution in [0.25, 0.3) is 0 Å². The molecular weight excluding hydrogens is 182 g/mol. The second-order valence-electron chi connectivity index (χ2n) is 2.23. The average Bonchev–Trinajstić information content (AvgIpc) is 1.89. The minimum Gasteiger partial charge on any atom is -0.770 e. The van der Waals surface area contributed by atoms with E-state index in [1.165, 1.54) is 0 Å². The first-order chi connectivity index (χ1) is 4.65. The minimum atomic E-state index is -2.61. The van der Waals surface area contributed by atoms with Gasteiger partial charge in [-0.2, -0.15) is 0 Å². The maximum Gasteiger partial charge on any atom is 1.00 e. The van der Waals surface area contributed by atoms with Crippen molar-refractivity contribution in [3.8, 4) is 0 Å². The number of rotatable bonds is 1. The van der Waals surface area contributed by atoms with E-state index < -0.39 is 16.1 Å². The number of alkyl halides is 1. The Hall–Kier alpha value is 1.00. The molecule has 1 unspecified atom stereocenters. The van der Waals surface area contributed by atoms with Gasteiger partial charge in [0.2, 0.25) is 0 Å². The third-order valence-corrected chi connectivity index (χ3v) is 2.54. The summed E-state index contributed by atoms with van der Waals surface area (Å²) in [6, 6.07) is 0. The Morgan fingerprint density at radius 2 is 1.91 bits per heavy atom. The zero-order chi connectivity index (χ0) is 7.61. The summed E-state index contributed by atoms with van der Waals surface area (Å²) in [6.07, 6.45) is -0.0772. The van der Waals surface area contributed by atoms with Gasteiger partial charge in [-0.25, -0.2) is 4.39 Å². The van der Waals surface area contributed by atoms with Crippen LogP contribution in [-0.4, -0.2) is 27.0 Å². The van der Waals surface area contributed by atoms with Crippen molar-refractivity contribution in [3.63, 3.8) is 0 Å². The molecule has 1 fully saturated rings. The summed E-state index contributed by atoms with van der Waals surface area (Å²) in [5.74, 6) is 0. The first-order valence-corrected chi connectivity index (χ1v) is 4.09. The number of ether oxygens (including phenoxy) is 1. The van der Waals surface area contributed by atoms with E-state index in [1.54, 1.807) is 0 Å². The van der Waals surface area contributed by atoms with Crippen LogP contribution in [0.3, 0.4) is 0 Å². The quantitative estimate of drug-likeness (QED) is 0.335. The molecule has 0 spiro atoms. The summed E-state index contributed by atoms with van der Waals surface area (Å²) in [6.45, 7) is 0.398. The molecule has 0 aromatic carbocycles. The second-order valence-corrected chi connectivity index (χ2v) is 3.43. The summed E-state index contributed by atoms with van der Waals surface area (Å²) in [5.41, 5.74) is 0. The van der Waals surface area contributed by atoms with Crippen LogP contribution < -0.4 is 29.6 Å². The molecule has 6 heteroatoms. The molecule has 0 bridgehead atoms. The van der Waals surface area contributed by atoms with Gasteiger partial charge in [0.1, 0.15) is 0 Å². The number of hydrogen-bond acceptors (Lipinski definition) is 3. The van der Waals surface area contributed by atoms with E-state index in [4.69, 9.17) is 4.74 Å². The molecular formula is C5H8FNaO3S. The van der Waals surface area contributed by atoms with Gasteiger partial charge in [-0.05, 0) is 11.1 Å². The smallest absolute Gasteiger partial charge is 0.770 e. The van der Waals surface area contributed by atoms with E-state index in [0.717, 1.165) is 0 Å². The average molecular weight is 190 g/mol. The Labute approximate surface area is 89.3 Å². The van der Waals surface area contributed by atoms with Gasteiger partial charge in [0.25, 0.3) is 0 Å². The standard InChI is InChI=1S/C5H9FO3S.Na/c6-5(10(7)8)1-3-9-4-2-5;/h1-4H2,(H,7,8);/q;+1/p-1. The van der Waals surface area contributed by atoms with Gasteiger partial charge in [0.05, 0.1) is 13.2 Å². The zero-order valence-corrected chi connectivity index (χ0v) is 9.16. The largest absolute Gasteiger partial charge is 1.00 e. The van der Waals surface area contributed by atoms with Gasteiger partial charge in [-0.3, -0.25) is 4.21 Å². The van der Waals surface area contributed by atoms with Crippen LogP contribution in [0.2, 0.25) is 0 Å². The molecule has 60 valence electrons. The Balaban J connectivity index is 0.000001000. The predicted octanol–water partition coefficient (Wildman–Crippen LogP) is -2.65. The third kappa shape index (κ3) is 3.08. The van der Waals surface area contributed by atoms with Crippen LogP contribution in [0.4, 0.5) is 4.39 Å². The van der Waals surface area contributed by atoms with Crippen molar-refractivity contribution in [1.82, 2.24) is 0 Å². The van der Waals surface area contributed by atoms with Gasteiger partial charge in [-0.15, -0.1) is 0 Å². The van der Waals surface area contributed by atoms with Gasteiger partial charge in [0.15, 0.2) is 5.00 Å². The molecule has 0 aromatic heterocycles. The summed E-state index contributed by atoms with van der Waals surface area (Å²) >= 11 is -2.61. The van der Waals surface area contributed by atoms with Gasteiger partial charge in [-0.1, -0.05) is 0 Å². The molecule has 0 amide bonds. The van der Waals surface area contributed by atoms with Gasteiger partial charge < -0.3 is 9.29 Å². The van der Waals surface area contributed by atoms with E-state index in [2.05, 4.69) is 0 Å². The molecule has 1 rings (SSSR count). The van der Waals surface area contributed by atoms with E-state index in [0.29, 0.717) is 0 Å².